The van der Waals surface area contributed by atoms with Crippen molar-refractivity contribution in [3.8, 4) is 0 Å². The van der Waals surface area contributed by atoms with Gasteiger partial charge in [-0.25, -0.2) is 0 Å². The van der Waals surface area contributed by atoms with Gasteiger partial charge in [-0.2, -0.15) is 0 Å². The largest absolute Gasteiger partial charge is 0.399 e. The van der Waals surface area contributed by atoms with E-state index in [4.69, 9.17) is 5.73 Å². The predicted octanol–water partition coefficient (Wildman–Crippen LogP) is 3.36. The van der Waals surface area contributed by atoms with Gasteiger partial charge in [-0.1, -0.05) is 19.8 Å². The summed E-state index contributed by atoms with van der Waals surface area (Å²) in [6.45, 7) is 3.18. The number of nitrogens with zero attached hydrogens (tertiary/aromatic N) is 1. The number of hydrogen-bond acceptors (Lipinski definition) is 4. The van der Waals surface area contributed by atoms with E-state index < -0.39 is 0 Å². The molecule has 0 aliphatic carbocycles. The Kier molecular flexibility index (Phi) is 5.24. The Morgan fingerprint density at radius 3 is 3.00 bits per heavy atom. The van der Waals surface area contributed by atoms with E-state index in [9.17, 15) is 0 Å². The Labute approximate surface area is 120 Å². The molecule has 0 spiro atoms. The molecule has 20 heavy (non-hydrogen) atoms. The molecular formula is C16H22N4. The van der Waals surface area contributed by atoms with Gasteiger partial charge >= 0.3 is 0 Å². The zero-order valence-electron chi connectivity index (χ0n) is 11.9. The molecule has 0 atom stereocenters. The second-order valence-corrected chi connectivity index (χ2v) is 4.82. The summed E-state index contributed by atoms with van der Waals surface area (Å²) in [6, 6.07) is 6.04. The van der Waals surface area contributed by atoms with E-state index in [1.54, 1.807) is 12.4 Å². The maximum atomic E-state index is 5.99. The third-order valence-electron chi connectivity index (χ3n) is 3.10. The topological polar surface area (TPSA) is 62.4 Å². The van der Waals surface area contributed by atoms with Gasteiger partial charge in [0, 0.05) is 47.8 Å². The maximum Gasteiger partial charge on any atom is 0.0470 e. The molecule has 0 saturated carbocycles. The van der Waals surface area contributed by atoms with Crippen LogP contribution in [0.25, 0.3) is 5.70 Å². The molecule has 0 radical (unpaired) electrons. The van der Waals surface area contributed by atoms with Gasteiger partial charge in [0.1, 0.15) is 0 Å². The van der Waals surface area contributed by atoms with E-state index in [0.29, 0.717) is 0 Å². The zero-order chi connectivity index (χ0) is 14.2. The lowest BCUT2D eigenvalue weighted by molar-refractivity contribution is 0.744. The molecule has 1 aliphatic heterocycles. The van der Waals surface area contributed by atoms with Gasteiger partial charge in [-0.05, 0) is 30.7 Å². The van der Waals surface area contributed by atoms with Gasteiger partial charge in [0.2, 0.25) is 0 Å². The van der Waals surface area contributed by atoms with Gasteiger partial charge in [0.05, 0.1) is 0 Å². The van der Waals surface area contributed by atoms with E-state index in [1.807, 2.05) is 24.4 Å². The molecule has 0 aromatic heterocycles. The summed E-state index contributed by atoms with van der Waals surface area (Å²) >= 11 is 0. The number of allylic oxidation sites excluding steroid dienone is 1. The Bertz CT molecular complexity index is 529. The molecule has 1 aromatic carbocycles. The van der Waals surface area contributed by atoms with Crippen molar-refractivity contribution in [1.29, 1.82) is 0 Å². The van der Waals surface area contributed by atoms with E-state index in [1.165, 1.54) is 19.3 Å². The molecule has 106 valence electrons. The van der Waals surface area contributed by atoms with Crippen LogP contribution in [0.2, 0.25) is 0 Å². The lowest BCUT2D eigenvalue weighted by Crippen LogP contribution is -2.06. The van der Waals surface area contributed by atoms with Crippen LogP contribution >= 0.6 is 0 Å². The number of nitrogens with two attached hydrogens (primary N) is 1. The Hall–Kier alpha value is -2.23. The number of hydrogen-bond donors (Lipinski definition) is 3. The molecule has 0 fully saturated rings. The number of aliphatic imine (C=N–C) groups is 1. The van der Waals surface area contributed by atoms with Crippen LogP contribution in [-0.4, -0.2) is 12.8 Å². The monoisotopic (exact) mass is 270 g/mol. The quantitative estimate of drug-likeness (QED) is 0.548. The van der Waals surface area contributed by atoms with Crippen molar-refractivity contribution >= 4 is 23.3 Å². The highest BCUT2D eigenvalue weighted by molar-refractivity contribution is 5.86. The summed E-state index contributed by atoms with van der Waals surface area (Å²) in [5, 5.41) is 6.63. The fraction of sp³-hybridized carbons (Fsp3) is 0.312. The fourth-order valence-corrected chi connectivity index (χ4v) is 2.08. The Morgan fingerprint density at radius 2 is 2.15 bits per heavy atom. The van der Waals surface area contributed by atoms with Crippen LogP contribution in [0.4, 0.5) is 11.4 Å². The third-order valence-corrected chi connectivity index (χ3v) is 3.10. The molecule has 1 aromatic rings. The smallest absolute Gasteiger partial charge is 0.0470 e. The van der Waals surface area contributed by atoms with Crippen molar-refractivity contribution in [2.24, 2.45) is 4.99 Å². The first-order chi connectivity index (χ1) is 9.79. The molecule has 4 N–H and O–H groups in total. The van der Waals surface area contributed by atoms with Crippen LogP contribution < -0.4 is 16.4 Å². The minimum Gasteiger partial charge on any atom is -0.399 e. The van der Waals surface area contributed by atoms with E-state index in [0.717, 1.165) is 29.2 Å². The highest BCUT2D eigenvalue weighted by Crippen LogP contribution is 2.22. The predicted molar refractivity (Wildman–Crippen MR) is 87.6 cm³/mol. The van der Waals surface area contributed by atoms with Crippen LogP contribution in [0.15, 0.2) is 41.7 Å². The van der Waals surface area contributed by atoms with Crippen LogP contribution in [-0.2, 0) is 0 Å². The Balaban J connectivity index is 2.10. The molecule has 4 nitrogen and oxygen atoms in total. The first kappa shape index (κ1) is 14.2. The molecule has 0 saturated heterocycles. The minimum absolute atomic E-state index is 0.758. The summed E-state index contributed by atoms with van der Waals surface area (Å²) in [6.07, 6.45) is 10.9. The minimum atomic E-state index is 0.758. The summed E-state index contributed by atoms with van der Waals surface area (Å²) < 4.78 is 0. The summed E-state index contributed by atoms with van der Waals surface area (Å²) in [5.41, 5.74) is 9.85. The van der Waals surface area contributed by atoms with Crippen LogP contribution in [0.5, 0.6) is 0 Å². The molecule has 2 rings (SSSR count). The van der Waals surface area contributed by atoms with Crippen LogP contribution in [0.1, 0.15) is 31.7 Å². The molecule has 0 bridgehead atoms. The summed E-state index contributed by atoms with van der Waals surface area (Å²) in [5.74, 6) is 0. The molecule has 4 heteroatoms. The van der Waals surface area contributed by atoms with Gasteiger partial charge in [-0.15, -0.1) is 0 Å². The van der Waals surface area contributed by atoms with Crippen LogP contribution in [0.3, 0.4) is 0 Å². The number of rotatable bonds is 6. The SMILES string of the molecule is CCCCCNc1cc(N)cc(C2=CC=NC=CN2)c1. The van der Waals surface area contributed by atoms with Gasteiger partial charge in [-0.3, -0.25) is 4.99 Å². The van der Waals surface area contributed by atoms with E-state index in [-0.39, 0.29) is 0 Å². The molecule has 0 unspecified atom stereocenters. The normalized spacial score (nSPS) is 13.6. The first-order valence-electron chi connectivity index (χ1n) is 7.09. The number of nitrogen functional groups attached to an aromatic ring is 1. The maximum absolute atomic E-state index is 5.99. The van der Waals surface area contributed by atoms with Crippen LogP contribution in [0, 0.1) is 0 Å². The van der Waals surface area contributed by atoms with Gasteiger partial charge < -0.3 is 16.4 Å². The first-order valence-corrected chi connectivity index (χ1v) is 7.09. The average Bonchev–Trinajstić information content (AvgIpc) is 2.72. The molecular weight excluding hydrogens is 248 g/mol. The standard InChI is InChI=1S/C16H22N4/c1-2-3-4-6-19-15-11-13(10-14(17)12-15)16-5-7-18-8-9-20-16/h5,7-12,19-20H,2-4,6,17H2,1H3. The van der Waals surface area contributed by atoms with Crippen molar-refractivity contribution in [2.75, 3.05) is 17.6 Å². The lowest BCUT2D eigenvalue weighted by atomic mass is 10.1. The van der Waals surface area contributed by atoms with Crippen molar-refractivity contribution in [3.63, 3.8) is 0 Å². The summed E-state index contributed by atoms with van der Waals surface area (Å²) in [7, 11) is 0. The molecule has 1 heterocycles. The second kappa shape index (κ2) is 7.38. The van der Waals surface area contributed by atoms with Gasteiger partial charge in [0.25, 0.3) is 0 Å². The van der Waals surface area contributed by atoms with E-state index in [2.05, 4.69) is 28.6 Å². The average molecular weight is 270 g/mol. The van der Waals surface area contributed by atoms with Crippen molar-refractivity contribution in [2.45, 2.75) is 26.2 Å². The Morgan fingerprint density at radius 1 is 1.25 bits per heavy atom. The zero-order valence-corrected chi connectivity index (χ0v) is 11.9. The molecule has 0 amide bonds. The number of unbranched alkanes of at least 4 members (excludes halogenated alkanes) is 2. The number of nitrogens with one attached hydrogen (secondary N) is 2. The fourth-order valence-electron chi connectivity index (χ4n) is 2.08. The van der Waals surface area contributed by atoms with Crippen molar-refractivity contribution in [1.82, 2.24) is 5.32 Å². The van der Waals surface area contributed by atoms with Crippen molar-refractivity contribution in [3.05, 3.63) is 42.2 Å². The highest BCUT2D eigenvalue weighted by atomic mass is 14.9. The molecule has 1 aliphatic rings. The number of anilines is 2. The highest BCUT2D eigenvalue weighted by Gasteiger charge is 2.04. The summed E-state index contributed by atoms with van der Waals surface area (Å²) in [4.78, 5) is 4.07. The van der Waals surface area contributed by atoms with Gasteiger partial charge in [0.15, 0.2) is 0 Å². The number of benzene rings is 1. The van der Waals surface area contributed by atoms with E-state index >= 15 is 0 Å². The van der Waals surface area contributed by atoms with Crippen molar-refractivity contribution < 1.29 is 0 Å². The lowest BCUT2D eigenvalue weighted by Gasteiger charge is -2.12. The third kappa shape index (κ3) is 4.16. The second-order valence-electron chi connectivity index (χ2n) is 4.82.